The van der Waals surface area contributed by atoms with E-state index in [0.717, 1.165) is 31.7 Å². The molecule has 0 amide bonds. The molecule has 1 aliphatic rings. The van der Waals surface area contributed by atoms with Crippen LogP contribution in [0.5, 0.6) is 0 Å². The Bertz CT molecular complexity index is 822. The van der Waals surface area contributed by atoms with Gasteiger partial charge in [-0.05, 0) is 18.4 Å². The minimum atomic E-state index is -4.60. The molecule has 0 bridgehead atoms. The van der Waals surface area contributed by atoms with Gasteiger partial charge < -0.3 is 10.6 Å². The molecule has 1 heterocycles. The number of rotatable bonds is 6. The topological polar surface area (TPSA) is 93.0 Å². The van der Waals surface area contributed by atoms with E-state index in [1.165, 1.54) is 18.2 Å². The Morgan fingerprint density at radius 3 is 2.59 bits per heavy atom. The third-order valence-electron chi connectivity index (χ3n) is 4.30. The fraction of sp³-hybridized carbons (Fsp3) is 0.412. The van der Waals surface area contributed by atoms with Gasteiger partial charge in [-0.2, -0.15) is 18.2 Å². The fourth-order valence-corrected chi connectivity index (χ4v) is 2.97. The normalized spacial score (nSPS) is 14.9. The van der Waals surface area contributed by atoms with Crippen LogP contribution in [0.3, 0.4) is 0 Å². The molecular weight excluding hydrogens is 363 g/mol. The smallest absolute Gasteiger partial charge is 0.366 e. The Labute approximate surface area is 153 Å². The van der Waals surface area contributed by atoms with Crippen LogP contribution in [0, 0.1) is 10.1 Å². The lowest BCUT2D eigenvalue weighted by atomic mass is 10.2. The van der Waals surface area contributed by atoms with Crippen LogP contribution in [0.2, 0.25) is 0 Å². The zero-order valence-electron chi connectivity index (χ0n) is 14.3. The Hall–Kier alpha value is -2.91. The van der Waals surface area contributed by atoms with Crippen molar-refractivity contribution < 1.29 is 18.1 Å². The van der Waals surface area contributed by atoms with Gasteiger partial charge in [0.05, 0.1) is 4.92 Å². The van der Waals surface area contributed by atoms with Gasteiger partial charge in [0.1, 0.15) is 5.82 Å². The molecule has 1 aromatic heterocycles. The van der Waals surface area contributed by atoms with Crippen molar-refractivity contribution in [3.05, 3.63) is 51.7 Å². The van der Waals surface area contributed by atoms with Crippen LogP contribution in [0.1, 0.15) is 36.9 Å². The van der Waals surface area contributed by atoms with Crippen molar-refractivity contribution in [3.8, 4) is 0 Å². The summed E-state index contributed by atoms with van der Waals surface area (Å²) in [6.07, 6.45) is -0.813. The zero-order chi connectivity index (χ0) is 19.4. The van der Waals surface area contributed by atoms with Gasteiger partial charge in [-0.15, -0.1) is 0 Å². The van der Waals surface area contributed by atoms with Gasteiger partial charge >= 0.3 is 6.18 Å². The minimum Gasteiger partial charge on any atom is -0.366 e. The summed E-state index contributed by atoms with van der Waals surface area (Å²) in [6, 6.07) is 6.76. The number of anilines is 2. The number of nitrogens with one attached hydrogen (secondary N) is 2. The summed E-state index contributed by atoms with van der Waals surface area (Å²) in [5.74, 6) is -0.0670. The van der Waals surface area contributed by atoms with Gasteiger partial charge in [-0.25, -0.2) is 4.98 Å². The van der Waals surface area contributed by atoms with Crippen LogP contribution in [0.4, 0.5) is 30.6 Å². The second-order valence-corrected chi connectivity index (χ2v) is 6.37. The fourth-order valence-electron chi connectivity index (χ4n) is 2.97. The highest BCUT2D eigenvalue weighted by Gasteiger charge is 2.34. The molecule has 2 N–H and O–H groups in total. The van der Waals surface area contributed by atoms with Crippen molar-refractivity contribution >= 4 is 17.5 Å². The second kappa shape index (κ2) is 7.77. The molecule has 27 heavy (non-hydrogen) atoms. The molecule has 0 unspecified atom stereocenters. The molecule has 1 aliphatic carbocycles. The van der Waals surface area contributed by atoms with Crippen LogP contribution in [-0.4, -0.2) is 20.9 Å². The number of nitro benzene ring substituents is 1. The summed E-state index contributed by atoms with van der Waals surface area (Å²) in [5, 5.41) is 16.6. The van der Waals surface area contributed by atoms with Crippen molar-refractivity contribution in [3.63, 3.8) is 0 Å². The van der Waals surface area contributed by atoms with Crippen molar-refractivity contribution in [2.45, 2.75) is 44.4 Å². The van der Waals surface area contributed by atoms with Gasteiger partial charge in [0.25, 0.3) is 5.69 Å². The number of halogens is 3. The second-order valence-electron chi connectivity index (χ2n) is 6.37. The lowest BCUT2D eigenvalue weighted by Gasteiger charge is -2.15. The van der Waals surface area contributed by atoms with E-state index in [1.807, 2.05) is 0 Å². The first kappa shape index (κ1) is 18.9. The Morgan fingerprint density at radius 2 is 1.93 bits per heavy atom. The van der Waals surface area contributed by atoms with E-state index in [-0.39, 0.29) is 30.0 Å². The molecule has 1 aromatic carbocycles. The molecule has 1 saturated carbocycles. The highest BCUT2D eigenvalue weighted by molar-refractivity contribution is 5.45. The number of hydrogen-bond acceptors (Lipinski definition) is 6. The molecule has 144 valence electrons. The minimum absolute atomic E-state index is 0.00401. The Morgan fingerprint density at radius 1 is 1.19 bits per heavy atom. The van der Waals surface area contributed by atoms with Crippen molar-refractivity contribution in [2.75, 3.05) is 10.6 Å². The molecular formula is C17H18F3N5O2. The third-order valence-corrected chi connectivity index (χ3v) is 4.30. The number of nitrogens with zero attached hydrogens (tertiary/aromatic N) is 3. The summed E-state index contributed by atoms with van der Waals surface area (Å²) in [4.78, 5) is 18.0. The molecule has 0 aliphatic heterocycles. The SMILES string of the molecule is O=[N+]([O-])c1cccc(CNc2cc(C(F)(F)F)nc(NC3CCCC3)n2)c1. The number of aromatic nitrogens is 2. The number of alkyl halides is 3. The van der Waals surface area contributed by atoms with Crippen LogP contribution in [0.15, 0.2) is 30.3 Å². The van der Waals surface area contributed by atoms with E-state index in [1.54, 1.807) is 6.07 Å². The first-order valence-electron chi connectivity index (χ1n) is 8.51. The lowest BCUT2D eigenvalue weighted by Crippen LogP contribution is -2.19. The van der Waals surface area contributed by atoms with Gasteiger partial charge in [-0.3, -0.25) is 10.1 Å². The van der Waals surface area contributed by atoms with Crippen LogP contribution < -0.4 is 10.6 Å². The van der Waals surface area contributed by atoms with Crippen molar-refractivity contribution in [2.24, 2.45) is 0 Å². The van der Waals surface area contributed by atoms with E-state index in [4.69, 9.17) is 0 Å². The first-order chi connectivity index (χ1) is 12.8. The summed E-state index contributed by atoms with van der Waals surface area (Å²) in [6.45, 7) is 0.0961. The van der Waals surface area contributed by atoms with E-state index in [2.05, 4.69) is 20.6 Å². The van der Waals surface area contributed by atoms with Crippen LogP contribution >= 0.6 is 0 Å². The number of hydrogen-bond donors (Lipinski definition) is 2. The summed E-state index contributed by atoms with van der Waals surface area (Å²) in [5.41, 5.74) is -0.572. The first-order valence-corrected chi connectivity index (χ1v) is 8.51. The summed E-state index contributed by atoms with van der Waals surface area (Å²) < 4.78 is 39.4. The van der Waals surface area contributed by atoms with Crippen LogP contribution in [-0.2, 0) is 12.7 Å². The van der Waals surface area contributed by atoms with E-state index in [9.17, 15) is 23.3 Å². The highest BCUT2D eigenvalue weighted by atomic mass is 19.4. The van der Waals surface area contributed by atoms with E-state index < -0.39 is 16.8 Å². The number of non-ortho nitro benzene ring substituents is 1. The average Bonchev–Trinajstić information content (AvgIpc) is 3.12. The summed E-state index contributed by atoms with van der Waals surface area (Å²) in [7, 11) is 0. The van der Waals surface area contributed by atoms with E-state index in [0.29, 0.717) is 5.56 Å². The van der Waals surface area contributed by atoms with Gasteiger partial charge in [0.15, 0.2) is 5.69 Å². The van der Waals surface area contributed by atoms with Crippen LogP contribution in [0.25, 0.3) is 0 Å². The quantitative estimate of drug-likeness (QED) is 0.570. The predicted molar refractivity (Wildman–Crippen MR) is 93.3 cm³/mol. The average molecular weight is 381 g/mol. The molecule has 0 radical (unpaired) electrons. The van der Waals surface area contributed by atoms with Gasteiger partial charge in [0.2, 0.25) is 5.95 Å². The number of benzene rings is 1. The third kappa shape index (κ3) is 5.05. The Balaban J connectivity index is 1.78. The molecule has 0 saturated heterocycles. The van der Waals surface area contributed by atoms with E-state index >= 15 is 0 Å². The predicted octanol–water partition coefficient (Wildman–Crippen LogP) is 4.37. The molecule has 0 spiro atoms. The maximum absolute atomic E-state index is 13.1. The lowest BCUT2D eigenvalue weighted by molar-refractivity contribution is -0.384. The summed E-state index contributed by atoms with van der Waals surface area (Å²) >= 11 is 0. The van der Waals surface area contributed by atoms with Crippen molar-refractivity contribution in [1.29, 1.82) is 0 Å². The molecule has 1 fully saturated rings. The molecule has 7 nitrogen and oxygen atoms in total. The molecule has 0 atom stereocenters. The Kier molecular flexibility index (Phi) is 5.43. The largest absolute Gasteiger partial charge is 0.433 e. The zero-order valence-corrected chi connectivity index (χ0v) is 14.3. The molecule has 10 heteroatoms. The molecule has 2 aromatic rings. The molecule has 3 rings (SSSR count). The van der Waals surface area contributed by atoms with Gasteiger partial charge in [-0.1, -0.05) is 25.0 Å². The van der Waals surface area contributed by atoms with Crippen molar-refractivity contribution in [1.82, 2.24) is 9.97 Å². The monoisotopic (exact) mass is 381 g/mol. The maximum Gasteiger partial charge on any atom is 0.433 e. The number of nitro groups is 1. The van der Waals surface area contributed by atoms with Gasteiger partial charge in [0, 0.05) is 30.8 Å². The maximum atomic E-state index is 13.1. The standard InChI is InChI=1S/C17H18F3N5O2/c18-17(19,20)14-9-15(24-16(23-14)22-12-5-1-2-6-12)21-10-11-4-3-7-13(8-11)25(26)27/h3-4,7-9,12H,1-2,5-6,10H2,(H2,21,22,23,24). The highest BCUT2D eigenvalue weighted by Crippen LogP contribution is 2.30.